The van der Waals surface area contributed by atoms with E-state index in [2.05, 4.69) is 15.4 Å². The quantitative estimate of drug-likeness (QED) is 0.217. The number of ether oxygens (including phenoxy) is 4. The Bertz CT molecular complexity index is 1990. The molecule has 5 rings (SSSR count). The van der Waals surface area contributed by atoms with Crippen molar-refractivity contribution in [1.29, 1.82) is 0 Å². The number of carbonyl (C=O) groups excluding carboxylic acids is 1. The van der Waals surface area contributed by atoms with Crippen LogP contribution in [0.5, 0.6) is 28.9 Å². The molecule has 2 heterocycles. The molecule has 0 aliphatic rings. The van der Waals surface area contributed by atoms with E-state index in [1.165, 1.54) is 30.5 Å². The first-order valence-electron chi connectivity index (χ1n) is 13.9. The van der Waals surface area contributed by atoms with Crippen molar-refractivity contribution in [3.05, 3.63) is 99.3 Å². The van der Waals surface area contributed by atoms with Crippen molar-refractivity contribution in [2.75, 3.05) is 18.5 Å². The summed E-state index contributed by atoms with van der Waals surface area (Å²) >= 11 is 0. The molecule has 45 heavy (non-hydrogen) atoms. The molecule has 0 atom stereocenters. The fourth-order valence-corrected chi connectivity index (χ4v) is 4.35. The number of amides is 1. The molecule has 2 aromatic heterocycles. The Morgan fingerprint density at radius 1 is 0.867 bits per heavy atom. The van der Waals surface area contributed by atoms with Crippen molar-refractivity contribution in [3.8, 4) is 34.6 Å². The summed E-state index contributed by atoms with van der Waals surface area (Å²) in [5.74, 6) is -0.950. The molecule has 14 heteroatoms. The number of anilines is 1. The number of carbonyl (C=O) groups is 1. The second-order valence-corrected chi connectivity index (χ2v) is 9.27. The Morgan fingerprint density at radius 3 is 2.24 bits per heavy atom. The maximum Gasteiger partial charge on any atom is 0.418 e. The zero-order valence-corrected chi connectivity index (χ0v) is 24.4. The van der Waals surface area contributed by atoms with E-state index in [0.29, 0.717) is 45.9 Å². The van der Waals surface area contributed by atoms with Gasteiger partial charge in [-0.15, -0.1) is 5.10 Å². The largest absolute Gasteiger partial charge is 0.490 e. The average Bonchev–Trinajstić information content (AvgIpc) is 3.01. The van der Waals surface area contributed by atoms with Crippen LogP contribution in [0.4, 0.5) is 19.3 Å². The summed E-state index contributed by atoms with van der Waals surface area (Å²) in [6, 6.07) is 13.2. The molecule has 12 nitrogen and oxygen atoms in total. The van der Waals surface area contributed by atoms with Gasteiger partial charge in [0.05, 0.1) is 24.4 Å². The van der Waals surface area contributed by atoms with Crippen molar-refractivity contribution >= 4 is 22.7 Å². The maximum atomic E-state index is 15.1. The summed E-state index contributed by atoms with van der Waals surface area (Å²) in [5, 5.41) is 6.68. The van der Waals surface area contributed by atoms with Crippen LogP contribution in [0, 0.1) is 11.6 Å². The van der Waals surface area contributed by atoms with Crippen LogP contribution >= 0.6 is 0 Å². The van der Waals surface area contributed by atoms with Crippen LogP contribution < -0.4 is 35.5 Å². The number of hydrogen-bond donors (Lipinski definition) is 1. The van der Waals surface area contributed by atoms with Crippen molar-refractivity contribution < 1.29 is 32.5 Å². The number of nitrogens with zero attached hydrogens (tertiary/aromatic N) is 4. The van der Waals surface area contributed by atoms with Crippen LogP contribution in [0.2, 0.25) is 0 Å². The van der Waals surface area contributed by atoms with E-state index in [-0.39, 0.29) is 23.7 Å². The topological polar surface area (TPSA) is 136 Å². The fraction of sp³-hybridized carbons (Fsp3) is 0.194. The molecule has 0 bridgehead atoms. The lowest BCUT2D eigenvalue weighted by Gasteiger charge is -2.14. The minimum atomic E-state index is -1.17. The third-order valence-electron chi connectivity index (χ3n) is 6.35. The summed E-state index contributed by atoms with van der Waals surface area (Å²) in [6.07, 6.45) is 0.338. The van der Waals surface area contributed by atoms with Crippen LogP contribution in [-0.2, 0) is 6.54 Å². The standard InChI is InChI=1S/C31H27F2N5O7/c1-4-37-31(41)38(20-10-7-18(32)8-11-20)29(39)28(36-37)45-30(40)35-19-9-12-25(22(33)15-19)44-24-13-14-34-23-17-27(43-6-3)26(42-5-2)16-21(23)24/h7-17H,4-6H2,1-3H3,(H,35,40). The predicted octanol–water partition coefficient (Wildman–Crippen LogP) is 5.44. The van der Waals surface area contributed by atoms with Gasteiger partial charge in [0.15, 0.2) is 23.1 Å². The monoisotopic (exact) mass is 619 g/mol. The number of aryl methyl sites for hydroxylation is 1. The van der Waals surface area contributed by atoms with Gasteiger partial charge in [-0.3, -0.25) is 15.1 Å². The zero-order chi connectivity index (χ0) is 32.1. The number of rotatable bonds is 10. The molecule has 0 unspecified atom stereocenters. The highest BCUT2D eigenvalue weighted by atomic mass is 19.1. The van der Waals surface area contributed by atoms with E-state index in [1.54, 1.807) is 25.1 Å². The molecule has 232 valence electrons. The van der Waals surface area contributed by atoms with Crippen LogP contribution in [0.25, 0.3) is 16.6 Å². The summed E-state index contributed by atoms with van der Waals surface area (Å²) in [7, 11) is 0. The van der Waals surface area contributed by atoms with Gasteiger partial charge >= 0.3 is 23.2 Å². The van der Waals surface area contributed by atoms with Gasteiger partial charge in [-0.1, -0.05) is 0 Å². The molecular formula is C31H27F2N5O7. The van der Waals surface area contributed by atoms with Crippen molar-refractivity contribution in [3.63, 3.8) is 0 Å². The molecule has 1 amide bonds. The number of aromatic nitrogens is 4. The van der Waals surface area contributed by atoms with Crippen LogP contribution in [0.3, 0.4) is 0 Å². The van der Waals surface area contributed by atoms with E-state index in [4.69, 9.17) is 18.9 Å². The Labute approximate surface area is 254 Å². The van der Waals surface area contributed by atoms with Crippen LogP contribution in [0.15, 0.2) is 76.4 Å². The van der Waals surface area contributed by atoms with Crippen molar-refractivity contribution in [2.45, 2.75) is 27.3 Å². The minimum absolute atomic E-state index is 0.0212. The number of fused-ring (bicyclic) bond motifs is 1. The van der Waals surface area contributed by atoms with Crippen LogP contribution in [0.1, 0.15) is 20.8 Å². The summed E-state index contributed by atoms with van der Waals surface area (Å²) < 4.78 is 52.4. The smallest absolute Gasteiger partial charge is 0.418 e. The lowest BCUT2D eigenvalue weighted by Crippen LogP contribution is -2.41. The van der Waals surface area contributed by atoms with Gasteiger partial charge < -0.3 is 18.9 Å². The number of pyridine rings is 1. The van der Waals surface area contributed by atoms with Crippen molar-refractivity contribution in [1.82, 2.24) is 19.3 Å². The normalized spacial score (nSPS) is 10.9. The number of halogens is 2. The Balaban J connectivity index is 1.36. The highest BCUT2D eigenvalue weighted by molar-refractivity contribution is 5.88. The van der Waals surface area contributed by atoms with Gasteiger partial charge in [-0.25, -0.2) is 27.6 Å². The van der Waals surface area contributed by atoms with Gasteiger partial charge in [-0.2, -0.15) is 0 Å². The third kappa shape index (κ3) is 6.59. The molecule has 0 radical (unpaired) electrons. The predicted molar refractivity (Wildman–Crippen MR) is 160 cm³/mol. The minimum Gasteiger partial charge on any atom is -0.490 e. The van der Waals surface area contributed by atoms with E-state index in [1.807, 2.05) is 13.8 Å². The molecule has 0 saturated heterocycles. The first-order valence-corrected chi connectivity index (χ1v) is 13.9. The SMILES string of the molecule is CCOc1cc2nccc(Oc3ccc(NC(=O)Oc4nn(CC)c(=O)n(-c5ccc(F)cc5)c4=O)cc3F)c2cc1OCC. The molecule has 0 saturated carbocycles. The average molecular weight is 620 g/mol. The fourth-order valence-electron chi connectivity index (χ4n) is 4.35. The Kier molecular flexibility index (Phi) is 9.02. The van der Waals surface area contributed by atoms with E-state index >= 15 is 4.39 Å². The first-order chi connectivity index (χ1) is 21.7. The maximum absolute atomic E-state index is 15.1. The highest BCUT2D eigenvalue weighted by Crippen LogP contribution is 2.38. The molecule has 3 aromatic carbocycles. The second-order valence-electron chi connectivity index (χ2n) is 9.27. The highest BCUT2D eigenvalue weighted by Gasteiger charge is 2.19. The summed E-state index contributed by atoms with van der Waals surface area (Å²) in [4.78, 5) is 42.7. The first kappa shape index (κ1) is 30.7. The molecule has 0 aliphatic heterocycles. The molecule has 0 spiro atoms. The lowest BCUT2D eigenvalue weighted by atomic mass is 10.1. The molecule has 0 aliphatic carbocycles. The number of benzene rings is 3. The van der Waals surface area contributed by atoms with Gasteiger partial charge in [0.1, 0.15) is 11.6 Å². The molecule has 1 N–H and O–H groups in total. The third-order valence-corrected chi connectivity index (χ3v) is 6.35. The second kappa shape index (κ2) is 13.2. The van der Waals surface area contributed by atoms with Gasteiger partial charge in [0.25, 0.3) is 0 Å². The zero-order valence-electron chi connectivity index (χ0n) is 24.4. The van der Waals surface area contributed by atoms with E-state index in [0.717, 1.165) is 22.9 Å². The van der Waals surface area contributed by atoms with Crippen molar-refractivity contribution in [2.24, 2.45) is 0 Å². The lowest BCUT2D eigenvalue weighted by molar-refractivity contribution is 0.210. The summed E-state index contributed by atoms with van der Waals surface area (Å²) in [5.41, 5.74) is -1.30. The Hall–Kier alpha value is -5.79. The van der Waals surface area contributed by atoms with E-state index in [9.17, 15) is 18.8 Å². The van der Waals surface area contributed by atoms with Gasteiger partial charge in [-0.05, 0) is 69.3 Å². The van der Waals surface area contributed by atoms with E-state index < -0.39 is 34.9 Å². The number of hydrogen-bond acceptors (Lipinski definition) is 9. The molecule has 5 aromatic rings. The van der Waals surface area contributed by atoms with Gasteiger partial charge in [0.2, 0.25) is 0 Å². The van der Waals surface area contributed by atoms with Gasteiger partial charge in [0, 0.05) is 35.9 Å². The molecular weight excluding hydrogens is 592 g/mol. The molecule has 0 fully saturated rings. The summed E-state index contributed by atoms with van der Waals surface area (Å²) in [6.45, 7) is 6.15. The van der Waals surface area contributed by atoms with Crippen LogP contribution in [-0.4, -0.2) is 38.6 Å². The number of nitrogens with one attached hydrogen (secondary N) is 1. The Morgan fingerprint density at radius 2 is 1.58 bits per heavy atom.